The van der Waals surface area contributed by atoms with Crippen LogP contribution in [0.5, 0.6) is 0 Å². The van der Waals surface area contributed by atoms with Gasteiger partial charge >= 0.3 is 0 Å². The zero-order valence-corrected chi connectivity index (χ0v) is 9.41. The maximum atomic E-state index is 3.68. The predicted molar refractivity (Wildman–Crippen MR) is 60.2 cm³/mol. The molecule has 0 amide bonds. The Morgan fingerprint density at radius 2 is 1.85 bits per heavy atom. The molecule has 1 saturated carbocycles. The van der Waals surface area contributed by atoms with Crippen molar-refractivity contribution in [2.75, 3.05) is 18.1 Å². The fourth-order valence-corrected chi connectivity index (χ4v) is 2.93. The Balaban J connectivity index is 1.59. The summed E-state index contributed by atoms with van der Waals surface area (Å²) < 4.78 is 0. The second kappa shape index (κ2) is 4.70. The highest BCUT2D eigenvalue weighted by Gasteiger charge is 2.21. The van der Waals surface area contributed by atoms with Crippen LogP contribution >= 0.6 is 11.8 Å². The van der Waals surface area contributed by atoms with Gasteiger partial charge in [0.1, 0.15) is 0 Å². The summed E-state index contributed by atoms with van der Waals surface area (Å²) in [6.45, 7) is 3.68. The van der Waals surface area contributed by atoms with Gasteiger partial charge in [0.2, 0.25) is 0 Å². The lowest BCUT2D eigenvalue weighted by Crippen LogP contribution is -2.43. The summed E-state index contributed by atoms with van der Waals surface area (Å²) in [6, 6.07) is 0.851. The highest BCUT2D eigenvalue weighted by molar-refractivity contribution is 8.00. The Labute approximate surface area is 86.0 Å². The maximum absolute atomic E-state index is 3.68. The average Bonchev–Trinajstić information content (AvgIpc) is 2.05. The van der Waals surface area contributed by atoms with Crippen molar-refractivity contribution in [2.24, 2.45) is 11.8 Å². The molecule has 0 unspecified atom stereocenters. The fourth-order valence-electron chi connectivity index (χ4n) is 2.22. The van der Waals surface area contributed by atoms with E-state index in [4.69, 9.17) is 0 Å². The normalized spacial score (nSPS) is 35.8. The van der Waals surface area contributed by atoms with E-state index in [9.17, 15) is 0 Å². The molecule has 0 aromatic heterocycles. The van der Waals surface area contributed by atoms with Gasteiger partial charge in [0.15, 0.2) is 0 Å². The third-order valence-corrected chi connectivity index (χ3v) is 4.74. The molecule has 2 aliphatic rings. The second-order valence-electron chi connectivity index (χ2n) is 4.77. The molecule has 13 heavy (non-hydrogen) atoms. The van der Waals surface area contributed by atoms with Crippen LogP contribution in [-0.4, -0.2) is 24.1 Å². The van der Waals surface area contributed by atoms with Crippen molar-refractivity contribution >= 4 is 11.8 Å². The van der Waals surface area contributed by atoms with Gasteiger partial charge in [-0.25, -0.2) is 0 Å². The van der Waals surface area contributed by atoms with Gasteiger partial charge in [0, 0.05) is 17.5 Å². The van der Waals surface area contributed by atoms with E-state index in [1.165, 1.54) is 43.7 Å². The molecule has 1 heterocycles. The quantitative estimate of drug-likeness (QED) is 0.749. The van der Waals surface area contributed by atoms with Gasteiger partial charge in [-0.15, -0.1) is 0 Å². The van der Waals surface area contributed by atoms with Crippen LogP contribution in [0.3, 0.4) is 0 Å². The Bertz CT molecular complexity index is 148. The topological polar surface area (TPSA) is 12.0 Å². The molecule has 2 fully saturated rings. The van der Waals surface area contributed by atoms with Crippen LogP contribution in [0, 0.1) is 11.8 Å². The van der Waals surface area contributed by atoms with Crippen molar-refractivity contribution in [3.8, 4) is 0 Å². The van der Waals surface area contributed by atoms with Crippen molar-refractivity contribution in [3.63, 3.8) is 0 Å². The van der Waals surface area contributed by atoms with Crippen LogP contribution in [0.25, 0.3) is 0 Å². The standard InChI is InChI=1S/C11H21NS/c1-9-2-4-10(5-3-9)6-12-11-7-13-8-11/h9-12H,2-8H2,1H3. The van der Waals surface area contributed by atoms with E-state index < -0.39 is 0 Å². The zero-order valence-electron chi connectivity index (χ0n) is 8.59. The summed E-state index contributed by atoms with van der Waals surface area (Å²) in [7, 11) is 0. The first kappa shape index (κ1) is 9.85. The Morgan fingerprint density at radius 1 is 1.15 bits per heavy atom. The van der Waals surface area contributed by atoms with Crippen molar-refractivity contribution in [1.82, 2.24) is 5.32 Å². The van der Waals surface area contributed by atoms with Crippen LogP contribution in [0.4, 0.5) is 0 Å². The van der Waals surface area contributed by atoms with Crippen molar-refractivity contribution in [3.05, 3.63) is 0 Å². The molecule has 0 radical (unpaired) electrons. The lowest BCUT2D eigenvalue weighted by molar-refractivity contribution is 0.277. The van der Waals surface area contributed by atoms with Gasteiger partial charge in [-0.1, -0.05) is 19.8 Å². The molecule has 2 heteroatoms. The van der Waals surface area contributed by atoms with Crippen molar-refractivity contribution in [2.45, 2.75) is 38.6 Å². The minimum absolute atomic E-state index is 0.851. The second-order valence-corrected chi connectivity index (χ2v) is 5.84. The highest BCUT2D eigenvalue weighted by Crippen LogP contribution is 2.28. The fraction of sp³-hybridized carbons (Fsp3) is 1.00. The maximum Gasteiger partial charge on any atom is 0.0248 e. The van der Waals surface area contributed by atoms with Crippen LogP contribution in [0.1, 0.15) is 32.6 Å². The molecule has 1 saturated heterocycles. The van der Waals surface area contributed by atoms with E-state index in [-0.39, 0.29) is 0 Å². The molecule has 1 N–H and O–H groups in total. The van der Waals surface area contributed by atoms with Crippen molar-refractivity contribution in [1.29, 1.82) is 0 Å². The third kappa shape index (κ3) is 2.88. The van der Waals surface area contributed by atoms with E-state index >= 15 is 0 Å². The van der Waals surface area contributed by atoms with E-state index in [1.54, 1.807) is 0 Å². The largest absolute Gasteiger partial charge is 0.312 e. The summed E-state index contributed by atoms with van der Waals surface area (Å²) in [5.74, 6) is 4.68. The van der Waals surface area contributed by atoms with E-state index in [0.717, 1.165) is 17.9 Å². The zero-order chi connectivity index (χ0) is 9.10. The van der Waals surface area contributed by atoms with E-state index in [1.807, 2.05) is 0 Å². The van der Waals surface area contributed by atoms with Gasteiger partial charge in [0.05, 0.1) is 0 Å². The lowest BCUT2D eigenvalue weighted by Gasteiger charge is -2.31. The third-order valence-electron chi connectivity index (χ3n) is 3.47. The average molecular weight is 199 g/mol. The molecule has 1 nitrogen and oxygen atoms in total. The van der Waals surface area contributed by atoms with E-state index in [2.05, 4.69) is 24.0 Å². The molecule has 1 aliphatic carbocycles. The highest BCUT2D eigenvalue weighted by atomic mass is 32.2. The molecule has 76 valence electrons. The summed E-state index contributed by atoms with van der Waals surface area (Å²) in [5, 5.41) is 3.68. The van der Waals surface area contributed by atoms with Gasteiger partial charge in [0.25, 0.3) is 0 Å². The molecule has 0 aromatic carbocycles. The first-order valence-corrected chi connectivity index (χ1v) is 6.81. The minimum atomic E-state index is 0.851. The summed E-state index contributed by atoms with van der Waals surface area (Å²) in [6.07, 6.45) is 5.86. The first-order chi connectivity index (χ1) is 6.34. The van der Waals surface area contributed by atoms with Gasteiger partial charge in [-0.3, -0.25) is 0 Å². The smallest absolute Gasteiger partial charge is 0.0248 e. The molecular formula is C11H21NS. The first-order valence-electron chi connectivity index (χ1n) is 5.65. The summed E-state index contributed by atoms with van der Waals surface area (Å²) in [5.41, 5.74) is 0. The lowest BCUT2D eigenvalue weighted by atomic mass is 9.83. The summed E-state index contributed by atoms with van der Waals surface area (Å²) in [4.78, 5) is 0. The van der Waals surface area contributed by atoms with Gasteiger partial charge < -0.3 is 5.32 Å². The molecule has 1 aliphatic heterocycles. The van der Waals surface area contributed by atoms with Crippen LogP contribution < -0.4 is 5.32 Å². The molecule has 0 bridgehead atoms. The number of thioether (sulfide) groups is 1. The number of rotatable bonds is 3. The Morgan fingerprint density at radius 3 is 2.38 bits per heavy atom. The number of nitrogens with one attached hydrogen (secondary N) is 1. The Hall–Kier alpha value is 0.310. The van der Waals surface area contributed by atoms with Gasteiger partial charge in [-0.2, -0.15) is 11.8 Å². The van der Waals surface area contributed by atoms with E-state index in [0.29, 0.717) is 0 Å². The number of hydrogen-bond donors (Lipinski definition) is 1. The Kier molecular flexibility index (Phi) is 3.56. The molecule has 0 aromatic rings. The minimum Gasteiger partial charge on any atom is -0.312 e. The van der Waals surface area contributed by atoms with Crippen molar-refractivity contribution < 1.29 is 0 Å². The monoisotopic (exact) mass is 199 g/mol. The number of hydrogen-bond acceptors (Lipinski definition) is 2. The molecular weight excluding hydrogens is 178 g/mol. The van der Waals surface area contributed by atoms with Crippen LogP contribution in [0.15, 0.2) is 0 Å². The van der Waals surface area contributed by atoms with Gasteiger partial charge in [-0.05, 0) is 31.2 Å². The SMILES string of the molecule is CC1CCC(CNC2CSC2)CC1. The van der Waals surface area contributed by atoms with Crippen LogP contribution in [0.2, 0.25) is 0 Å². The predicted octanol–water partition coefficient (Wildman–Crippen LogP) is 2.52. The molecule has 2 rings (SSSR count). The van der Waals surface area contributed by atoms with Crippen LogP contribution in [-0.2, 0) is 0 Å². The molecule has 0 spiro atoms. The summed E-state index contributed by atoms with van der Waals surface area (Å²) >= 11 is 2.07. The molecule has 0 atom stereocenters.